The van der Waals surface area contributed by atoms with Gasteiger partial charge in [0.15, 0.2) is 0 Å². The predicted molar refractivity (Wildman–Crippen MR) is 49.8 cm³/mol. The van der Waals surface area contributed by atoms with Crippen molar-refractivity contribution in [3.8, 4) is 0 Å². The van der Waals surface area contributed by atoms with Crippen molar-refractivity contribution in [1.82, 2.24) is 9.78 Å². The van der Waals surface area contributed by atoms with Gasteiger partial charge in [0, 0.05) is 13.6 Å². The third-order valence-corrected chi connectivity index (χ3v) is 2.17. The highest BCUT2D eigenvalue weighted by molar-refractivity contribution is 5.25. The number of hydrogen-bond acceptors (Lipinski definition) is 2. The smallest absolute Gasteiger partial charge is 0.0628 e. The molecular weight excluding hydrogens is 150 g/mol. The van der Waals surface area contributed by atoms with Gasteiger partial charge in [0.2, 0.25) is 0 Å². The first-order chi connectivity index (χ1) is 5.70. The molecule has 12 heavy (non-hydrogen) atoms. The highest BCUT2D eigenvalue weighted by atomic mass is 15.3. The lowest BCUT2D eigenvalue weighted by atomic mass is 10.1. The highest BCUT2D eigenvalue weighted by Crippen LogP contribution is 2.14. The Morgan fingerprint density at radius 3 is 2.67 bits per heavy atom. The van der Waals surface area contributed by atoms with E-state index in [9.17, 15) is 0 Å². The van der Waals surface area contributed by atoms with Crippen molar-refractivity contribution >= 4 is 0 Å². The Labute approximate surface area is 73.6 Å². The molecule has 0 bridgehead atoms. The van der Waals surface area contributed by atoms with Crippen molar-refractivity contribution in [3.63, 3.8) is 0 Å². The topological polar surface area (TPSA) is 43.8 Å². The molecule has 0 aliphatic rings. The van der Waals surface area contributed by atoms with Gasteiger partial charge >= 0.3 is 0 Å². The lowest BCUT2D eigenvalue weighted by Gasteiger charge is -2.01. The van der Waals surface area contributed by atoms with Crippen molar-refractivity contribution in [2.75, 3.05) is 0 Å². The monoisotopic (exact) mass is 167 g/mol. The van der Waals surface area contributed by atoms with Crippen LogP contribution in [-0.2, 0) is 20.0 Å². The summed E-state index contributed by atoms with van der Waals surface area (Å²) in [5, 5.41) is 4.34. The van der Waals surface area contributed by atoms with E-state index in [-0.39, 0.29) is 0 Å². The summed E-state index contributed by atoms with van der Waals surface area (Å²) < 4.78 is 1.89. The van der Waals surface area contributed by atoms with Crippen LogP contribution >= 0.6 is 0 Å². The Balaban J connectivity index is 3.04. The van der Waals surface area contributed by atoms with Crippen LogP contribution in [-0.4, -0.2) is 9.78 Å². The van der Waals surface area contributed by atoms with E-state index in [1.165, 1.54) is 11.3 Å². The van der Waals surface area contributed by atoms with Crippen LogP contribution in [0.2, 0.25) is 0 Å². The third kappa shape index (κ3) is 1.50. The molecule has 3 nitrogen and oxygen atoms in total. The molecule has 0 saturated heterocycles. The first kappa shape index (κ1) is 9.26. The van der Waals surface area contributed by atoms with Crippen LogP contribution < -0.4 is 5.73 Å². The van der Waals surface area contributed by atoms with Crippen LogP contribution in [0.4, 0.5) is 0 Å². The molecule has 2 N–H and O–H groups in total. The summed E-state index contributed by atoms with van der Waals surface area (Å²) in [5.74, 6) is 0. The van der Waals surface area contributed by atoms with Gasteiger partial charge < -0.3 is 5.73 Å². The molecule has 0 fully saturated rings. The van der Waals surface area contributed by atoms with Gasteiger partial charge in [-0.25, -0.2) is 0 Å². The van der Waals surface area contributed by atoms with Gasteiger partial charge in [-0.2, -0.15) is 5.10 Å². The fourth-order valence-electron chi connectivity index (χ4n) is 1.58. The molecule has 0 saturated carbocycles. The van der Waals surface area contributed by atoms with Gasteiger partial charge in [-0.05, 0) is 18.9 Å². The summed E-state index contributed by atoms with van der Waals surface area (Å²) in [6, 6.07) is 0. The van der Waals surface area contributed by atoms with E-state index < -0.39 is 0 Å². The number of rotatable bonds is 3. The first-order valence-corrected chi connectivity index (χ1v) is 4.42. The zero-order chi connectivity index (χ0) is 9.14. The fourth-order valence-corrected chi connectivity index (χ4v) is 1.58. The van der Waals surface area contributed by atoms with Crippen LogP contribution in [0.25, 0.3) is 0 Å². The van der Waals surface area contributed by atoms with Crippen molar-refractivity contribution in [1.29, 1.82) is 0 Å². The van der Waals surface area contributed by atoms with Crippen LogP contribution in [0.3, 0.4) is 0 Å². The van der Waals surface area contributed by atoms with E-state index in [2.05, 4.69) is 12.0 Å². The molecule has 0 aromatic carbocycles. The predicted octanol–water partition coefficient (Wildman–Crippen LogP) is 1.14. The first-order valence-electron chi connectivity index (χ1n) is 4.42. The summed E-state index contributed by atoms with van der Waals surface area (Å²) in [6.07, 6.45) is 2.24. The zero-order valence-corrected chi connectivity index (χ0v) is 8.09. The van der Waals surface area contributed by atoms with Crippen molar-refractivity contribution in [2.24, 2.45) is 12.8 Å². The number of aryl methyl sites for hydroxylation is 2. The molecule has 0 radical (unpaired) electrons. The van der Waals surface area contributed by atoms with Gasteiger partial charge in [-0.15, -0.1) is 0 Å². The lowest BCUT2D eigenvalue weighted by molar-refractivity contribution is 0.702. The van der Waals surface area contributed by atoms with Gasteiger partial charge in [0.05, 0.1) is 11.4 Å². The molecule has 3 heteroatoms. The van der Waals surface area contributed by atoms with Gasteiger partial charge in [-0.1, -0.05) is 13.3 Å². The molecule has 0 atom stereocenters. The largest absolute Gasteiger partial charge is 0.325 e. The quantitative estimate of drug-likeness (QED) is 0.733. The SMILES string of the molecule is CCCc1c(C)nn(C)c1CN. The normalized spacial score (nSPS) is 10.7. The Morgan fingerprint density at radius 2 is 2.17 bits per heavy atom. The van der Waals surface area contributed by atoms with Gasteiger partial charge in [0.25, 0.3) is 0 Å². The Bertz CT molecular complexity index is 263. The maximum atomic E-state index is 5.63. The molecule has 68 valence electrons. The van der Waals surface area contributed by atoms with Crippen LogP contribution in [0.15, 0.2) is 0 Å². The fraction of sp³-hybridized carbons (Fsp3) is 0.667. The van der Waals surface area contributed by atoms with Crippen LogP contribution in [0.5, 0.6) is 0 Å². The standard InChI is InChI=1S/C9H17N3/c1-4-5-8-7(2)11-12(3)9(8)6-10/h4-6,10H2,1-3H3. The Hall–Kier alpha value is -0.830. The molecule has 1 aromatic heterocycles. The minimum Gasteiger partial charge on any atom is -0.325 e. The van der Waals surface area contributed by atoms with Crippen molar-refractivity contribution in [2.45, 2.75) is 33.2 Å². The second-order valence-corrected chi connectivity index (χ2v) is 3.09. The molecule has 0 spiro atoms. The summed E-state index contributed by atoms with van der Waals surface area (Å²) >= 11 is 0. The second kappa shape index (κ2) is 3.72. The molecule has 0 amide bonds. The van der Waals surface area contributed by atoms with Gasteiger partial charge in [-0.3, -0.25) is 4.68 Å². The third-order valence-electron chi connectivity index (χ3n) is 2.17. The number of aromatic nitrogens is 2. The maximum Gasteiger partial charge on any atom is 0.0628 e. The number of hydrogen-bond donors (Lipinski definition) is 1. The summed E-state index contributed by atoms with van der Waals surface area (Å²) in [4.78, 5) is 0. The molecule has 1 heterocycles. The highest BCUT2D eigenvalue weighted by Gasteiger charge is 2.09. The molecule has 1 rings (SSSR count). The molecular formula is C9H17N3. The van der Waals surface area contributed by atoms with E-state index >= 15 is 0 Å². The molecule has 0 aliphatic heterocycles. The minimum atomic E-state index is 0.590. The summed E-state index contributed by atoms with van der Waals surface area (Å²) in [5.41, 5.74) is 9.27. The Kier molecular flexibility index (Phi) is 2.87. The van der Waals surface area contributed by atoms with E-state index in [1.54, 1.807) is 0 Å². The van der Waals surface area contributed by atoms with Crippen molar-refractivity contribution < 1.29 is 0 Å². The van der Waals surface area contributed by atoms with E-state index in [4.69, 9.17) is 5.73 Å². The average molecular weight is 167 g/mol. The summed E-state index contributed by atoms with van der Waals surface area (Å²) in [7, 11) is 1.95. The van der Waals surface area contributed by atoms with Gasteiger partial charge in [0.1, 0.15) is 0 Å². The van der Waals surface area contributed by atoms with E-state index in [0.29, 0.717) is 6.54 Å². The molecule has 1 aromatic rings. The van der Waals surface area contributed by atoms with E-state index in [1.807, 2.05) is 18.7 Å². The molecule has 0 aliphatic carbocycles. The molecule has 0 unspecified atom stereocenters. The zero-order valence-electron chi connectivity index (χ0n) is 8.09. The number of nitrogens with two attached hydrogens (primary N) is 1. The lowest BCUT2D eigenvalue weighted by Crippen LogP contribution is -2.06. The number of nitrogens with zero attached hydrogens (tertiary/aromatic N) is 2. The maximum absolute atomic E-state index is 5.63. The second-order valence-electron chi connectivity index (χ2n) is 3.09. The minimum absolute atomic E-state index is 0.590. The summed E-state index contributed by atoms with van der Waals surface area (Å²) in [6.45, 7) is 4.81. The van der Waals surface area contributed by atoms with Crippen LogP contribution in [0.1, 0.15) is 30.3 Å². The van der Waals surface area contributed by atoms with Crippen LogP contribution in [0, 0.1) is 6.92 Å². The van der Waals surface area contributed by atoms with E-state index in [0.717, 1.165) is 18.5 Å². The average Bonchev–Trinajstić information content (AvgIpc) is 2.28. The Morgan fingerprint density at radius 1 is 1.50 bits per heavy atom. The van der Waals surface area contributed by atoms with Crippen molar-refractivity contribution in [3.05, 3.63) is 17.0 Å².